The molecule has 102 valence electrons. The minimum atomic E-state index is -0.536. The Kier molecular flexibility index (Phi) is 7.44. The van der Waals surface area contributed by atoms with E-state index in [-0.39, 0.29) is 11.4 Å². The van der Waals surface area contributed by atoms with Crippen LogP contribution in [0.1, 0.15) is 60.3 Å². The molecular weight excluding hydrogens is 214 g/mol. The number of nitrogens with two attached hydrogens (primary N) is 1. The molecule has 0 bridgehead atoms. The molecule has 0 aromatic rings. The van der Waals surface area contributed by atoms with E-state index in [1.54, 1.807) is 0 Å². The van der Waals surface area contributed by atoms with Crippen molar-refractivity contribution in [1.82, 2.24) is 0 Å². The third-order valence-corrected chi connectivity index (χ3v) is 3.19. The Morgan fingerprint density at radius 2 is 1.88 bits per heavy atom. The van der Waals surface area contributed by atoms with Gasteiger partial charge in [0.2, 0.25) is 0 Å². The average molecular weight is 243 g/mol. The van der Waals surface area contributed by atoms with Gasteiger partial charge in [0.1, 0.15) is 6.04 Å². The van der Waals surface area contributed by atoms with Gasteiger partial charge in [0, 0.05) is 0 Å². The van der Waals surface area contributed by atoms with Gasteiger partial charge in [-0.1, -0.05) is 53.9 Å². The van der Waals surface area contributed by atoms with E-state index >= 15 is 0 Å². The number of carbonyl (C=O) groups is 1. The number of esters is 1. The number of carbonyl (C=O) groups excluding carboxylic acids is 1. The van der Waals surface area contributed by atoms with Gasteiger partial charge in [0.05, 0.1) is 6.61 Å². The predicted molar refractivity (Wildman–Crippen MR) is 71.7 cm³/mol. The normalized spacial score (nSPS) is 15.4. The minimum Gasteiger partial charge on any atom is -0.464 e. The summed E-state index contributed by atoms with van der Waals surface area (Å²) in [5, 5.41) is 0. The lowest BCUT2D eigenvalue weighted by Crippen LogP contribution is -2.43. The first-order valence-corrected chi connectivity index (χ1v) is 6.75. The largest absolute Gasteiger partial charge is 0.464 e. The van der Waals surface area contributed by atoms with Gasteiger partial charge in [-0.3, -0.25) is 4.79 Å². The first-order valence-electron chi connectivity index (χ1n) is 6.75. The zero-order chi connectivity index (χ0) is 13.5. The van der Waals surface area contributed by atoms with Crippen molar-refractivity contribution in [2.24, 2.45) is 17.1 Å². The topological polar surface area (TPSA) is 52.3 Å². The highest BCUT2D eigenvalue weighted by molar-refractivity contribution is 5.76. The van der Waals surface area contributed by atoms with Crippen LogP contribution in [0.3, 0.4) is 0 Å². The van der Waals surface area contributed by atoms with Crippen LogP contribution in [0.5, 0.6) is 0 Å². The lowest BCUT2D eigenvalue weighted by Gasteiger charge is -2.26. The molecule has 3 nitrogen and oxygen atoms in total. The molecule has 2 atom stereocenters. The second-order valence-corrected chi connectivity index (χ2v) is 5.89. The molecule has 0 radical (unpaired) electrons. The Bertz CT molecular complexity index is 221. The highest BCUT2D eigenvalue weighted by Gasteiger charge is 2.29. The lowest BCUT2D eigenvalue weighted by atomic mass is 9.87. The molecule has 0 amide bonds. The van der Waals surface area contributed by atoms with Crippen LogP contribution < -0.4 is 5.73 Å². The summed E-state index contributed by atoms with van der Waals surface area (Å²) in [6.45, 7) is 10.7. The van der Waals surface area contributed by atoms with Crippen LogP contribution in [-0.4, -0.2) is 18.6 Å². The molecule has 3 heteroatoms. The summed E-state index contributed by atoms with van der Waals surface area (Å²) in [6, 6.07) is -0.536. The van der Waals surface area contributed by atoms with Gasteiger partial charge < -0.3 is 10.5 Å². The van der Waals surface area contributed by atoms with Crippen LogP contribution in [0, 0.1) is 11.3 Å². The molecule has 0 heterocycles. The van der Waals surface area contributed by atoms with Crippen molar-refractivity contribution in [1.29, 1.82) is 0 Å². The summed E-state index contributed by atoms with van der Waals surface area (Å²) in [7, 11) is 0. The third kappa shape index (κ3) is 6.67. The highest BCUT2D eigenvalue weighted by Crippen LogP contribution is 2.19. The molecule has 0 aromatic carbocycles. The summed E-state index contributed by atoms with van der Waals surface area (Å²) in [5.41, 5.74) is 5.61. The Morgan fingerprint density at radius 3 is 2.29 bits per heavy atom. The minimum absolute atomic E-state index is 0.234. The highest BCUT2D eigenvalue weighted by atomic mass is 16.5. The quantitative estimate of drug-likeness (QED) is 0.699. The van der Waals surface area contributed by atoms with Crippen LogP contribution in [0.4, 0.5) is 0 Å². The predicted octanol–water partition coefficient (Wildman–Crippen LogP) is 3.12. The molecular formula is C14H29NO2. The van der Waals surface area contributed by atoms with E-state index in [4.69, 9.17) is 10.5 Å². The molecule has 17 heavy (non-hydrogen) atoms. The molecule has 0 saturated carbocycles. The van der Waals surface area contributed by atoms with Gasteiger partial charge >= 0.3 is 5.97 Å². The molecule has 1 unspecified atom stereocenters. The van der Waals surface area contributed by atoms with Crippen LogP contribution in [0.2, 0.25) is 0 Å². The van der Waals surface area contributed by atoms with Crippen LogP contribution in [-0.2, 0) is 9.53 Å². The zero-order valence-electron chi connectivity index (χ0n) is 12.1. The van der Waals surface area contributed by atoms with E-state index < -0.39 is 6.04 Å². The molecule has 2 N–H and O–H groups in total. The second kappa shape index (κ2) is 7.70. The maximum absolute atomic E-state index is 11.7. The van der Waals surface area contributed by atoms with Crippen LogP contribution in [0.25, 0.3) is 0 Å². The summed E-state index contributed by atoms with van der Waals surface area (Å²) >= 11 is 0. The number of ether oxygens (including phenoxy) is 1. The van der Waals surface area contributed by atoms with Crippen molar-refractivity contribution < 1.29 is 9.53 Å². The van der Waals surface area contributed by atoms with Crippen molar-refractivity contribution in [3.63, 3.8) is 0 Å². The molecule has 0 rings (SSSR count). The maximum atomic E-state index is 11.7. The first kappa shape index (κ1) is 16.4. The van der Waals surface area contributed by atoms with Crippen LogP contribution >= 0.6 is 0 Å². The SMILES string of the molecule is CCCCC(CC)COC(=O)[C@@H](N)C(C)(C)C. The molecule has 0 aromatic heterocycles. The fraction of sp³-hybridized carbons (Fsp3) is 0.929. The lowest BCUT2D eigenvalue weighted by molar-refractivity contribution is -0.149. The van der Waals surface area contributed by atoms with Crippen molar-refractivity contribution in [3.8, 4) is 0 Å². The van der Waals surface area contributed by atoms with E-state index in [0.717, 1.165) is 12.8 Å². The zero-order valence-corrected chi connectivity index (χ0v) is 12.1. The monoisotopic (exact) mass is 243 g/mol. The van der Waals surface area contributed by atoms with Crippen molar-refractivity contribution in [2.75, 3.05) is 6.61 Å². The fourth-order valence-corrected chi connectivity index (χ4v) is 1.54. The van der Waals surface area contributed by atoms with Gasteiger partial charge in [0.25, 0.3) is 0 Å². The number of rotatable bonds is 7. The standard InChI is InChI=1S/C14H29NO2/c1-6-8-9-11(7-2)10-17-13(16)12(15)14(3,4)5/h11-12H,6-10,15H2,1-5H3/t11?,12-/m1/s1. The van der Waals surface area contributed by atoms with Gasteiger partial charge in [-0.2, -0.15) is 0 Å². The molecule has 0 aliphatic heterocycles. The van der Waals surface area contributed by atoms with Crippen molar-refractivity contribution in [2.45, 2.75) is 66.3 Å². The molecule has 0 aliphatic carbocycles. The van der Waals surface area contributed by atoms with Gasteiger partial charge in [-0.25, -0.2) is 0 Å². The Hall–Kier alpha value is -0.570. The van der Waals surface area contributed by atoms with E-state index in [1.165, 1.54) is 12.8 Å². The Labute approximate surface area is 106 Å². The molecule has 0 spiro atoms. The summed E-state index contributed by atoms with van der Waals surface area (Å²) in [6.07, 6.45) is 4.57. The maximum Gasteiger partial charge on any atom is 0.323 e. The van der Waals surface area contributed by atoms with Crippen LogP contribution in [0.15, 0.2) is 0 Å². The van der Waals surface area contributed by atoms with E-state index in [9.17, 15) is 4.79 Å². The number of hydrogen-bond donors (Lipinski definition) is 1. The number of unbranched alkanes of at least 4 members (excludes halogenated alkanes) is 1. The van der Waals surface area contributed by atoms with Gasteiger partial charge in [-0.05, 0) is 17.8 Å². The van der Waals surface area contributed by atoms with E-state index in [1.807, 2.05) is 20.8 Å². The first-order chi connectivity index (χ1) is 7.82. The third-order valence-electron chi connectivity index (χ3n) is 3.19. The summed E-state index contributed by atoms with van der Waals surface area (Å²) < 4.78 is 5.32. The van der Waals surface area contributed by atoms with Gasteiger partial charge in [-0.15, -0.1) is 0 Å². The average Bonchev–Trinajstić information content (AvgIpc) is 2.26. The van der Waals surface area contributed by atoms with Crippen molar-refractivity contribution in [3.05, 3.63) is 0 Å². The number of hydrogen-bond acceptors (Lipinski definition) is 3. The van der Waals surface area contributed by atoms with E-state index in [2.05, 4.69) is 13.8 Å². The fourth-order valence-electron chi connectivity index (χ4n) is 1.54. The molecule has 0 fully saturated rings. The van der Waals surface area contributed by atoms with E-state index in [0.29, 0.717) is 12.5 Å². The van der Waals surface area contributed by atoms with Crippen molar-refractivity contribution >= 4 is 5.97 Å². The Morgan fingerprint density at radius 1 is 1.29 bits per heavy atom. The Balaban J connectivity index is 4.04. The van der Waals surface area contributed by atoms with Gasteiger partial charge in [0.15, 0.2) is 0 Å². The smallest absolute Gasteiger partial charge is 0.323 e. The second-order valence-electron chi connectivity index (χ2n) is 5.89. The molecule has 0 aliphatic rings. The summed E-state index contributed by atoms with van der Waals surface area (Å²) in [4.78, 5) is 11.7. The molecule has 0 saturated heterocycles. The summed E-state index contributed by atoms with van der Waals surface area (Å²) in [5.74, 6) is 0.207.